The Kier molecular flexibility index (Phi) is 3.66. The van der Waals surface area contributed by atoms with Gasteiger partial charge in [-0.2, -0.15) is 9.57 Å². The van der Waals surface area contributed by atoms with Crippen LogP contribution in [0, 0.1) is 17.2 Å². The second kappa shape index (κ2) is 5.47. The van der Waals surface area contributed by atoms with Crippen molar-refractivity contribution in [3.8, 4) is 6.07 Å². The number of benzene rings is 2. The van der Waals surface area contributed by atoms with Gasteiger partial charge in [0.25, 0.3) is 0 Å². The zero-order valence-corrected chi connectivity index (χ0v) is 12.4. The Morgan fingerprint density at radius 1 is 1.05 bits per heavy atom. The molecule has 0 unspecified atom stereocenters. The van der Waals surface area contributed by atoms with E-state index in [0.29, 0.717) is 30.8 Å². The standard InChI is InChI=1S/C16H16N2O2S/c17-12-13-8-10-18(11-9-13)21(19,20)16-7-3-5-14-4-1-2-6-15(14)16/h1-7,13H,8-11H2. The Morgan fingerprint density at radius 2 is 1.71 bits per heavy atom. The molecule has 3 rings (SSSR count). The highest BCUT2D eigenvalue weighted by Gasteiger charge is 2.30. The first-order valence-electron chi connectivity index (χ1n) is 7.00. The summed E-state index contributed by atoms with van der Waals surface area (Å²) in [5, 5.41) is 10.6. The molecule has 0 radical (unpaired) electrons. The lowest BCUT2D eigenvalue weighted by Gasteiger charge is -2.28. The number of nitrogens with zero attached hydrogens (tertiary/aromatic N) is 2. The fourth-order valence-corrected chi connectivity index (χ4v) is 4.47. The van der Waals surface area contributed by atoms with Crippen LogP contribution in [0.2, 0.25) is 0 Å². The lowest BCUT2D eigenvalue weighted by atomic mass is 10.0. The van der Waals surface area contributed by atoms with Crippen LogP contribution in [0.5, 0.6) is 0 Å². The molecule has 1 aliphatic rings. The van der Waals surface area contributed by atoms with Crippen LogP contribution in [0.25, 0.3) is 10.8 Å². The fourth-order valence-electron chi connectivity index (χ4n) is 2.78. The smallest absolute Gasteiger partial charge is 0.207 e. The summed E-state index contributed by atoms with van der Waals surface area (Å²) in [4.78, 5) is 0.357. The fraction of sp³-hybridized carbons (Fsp3) is 0.312. The van der Waals surface area contributed by atoms with E-state index >= 15 is 0 Å². The van der Waals surface area contributed by atoms with Crippen LogP contribution in [0.4, 0.5) is 0 Å². The summed E-state index contributed by atoms with van der Waals surface area (Å²) in [6.45, 7) is 0.841. The Bertz CT molecular complexity index is 795. The van der Waals surface area contributed by atoms with Crippen molar-refractivity contribution in [2.24, 2.45) is 5.92 Å². The highest BCUT2D eigenvalue weighted by molar-refractivity contribution is 7.89. The number of nitriles is 1. The van der Waals surface area contributed by atoms with Crippen LogP contribution in [-0.2, 0) is 10.0 Å². The molecule has 0 amide bonds. The number of hydrogen-bond donors (Lipinski definition) is 0. The molecule has 1 saturated heterocycles. The highest BCUT2D eigenvalue weighted by Crippen LogP contribution is 2.28. The van der Waals surface area contributed by atoms with E-state index in [1.54, 1.807) is 12.1 Å². The van der Waals surface area contributed by atoms with Crippen molar-refractivity contribution < 1.29 is 8.42 Å². The van der Waals surface area contributed by atoms with Gasteiger partial charge >= 0.3 is 0 Å². The summed E-state index contributed by atoms with van der Waals surface area (Å²) >= 11 is 0. The van der Waals surface area contributed by atoms with Crippen molar-refractivity contribution >= 4 is 20.8 Å². The maximum atomic E-state index is 12.8. The summed E-state index contributed by atoms with van der Waals surface area (Å²) in [5.74, 6) is -0.0241. The Morgan fingerprint density at radius 3 is 2.43 bits per heavy atom. The van der Waals surface area contributed by atoms with Gasteiger partial charge in [-0.3, -0.25) is 0 Å². The van der Waals surface area contributed by atoms with Crippen LogP contribution in [-0.4, -0.2) is 25.8 Å². The van der Waals surface area contributed by atoms with E-state index < -0.39 is 10.0 Å². The molecule has 1 heterocycles. The molecule has 1 fully saturated rings. The van der Waals surface area contributed by atoms with Crippen LogP contribution < -0.4 is 0 Å². The number of sulfonamides is 1. The van der Waals surface area contributed by atoms with Crippen LogP contribution in [0.1, 0.15) is 12.8 Å². The van der Waals surface area contributed by atoms with Gasteiger partial charge in [0.1, 0.15) is 0 Å². The molecule has 108 valence electrons. The maximum absolute atomic E-state index is 12.8. The van der Waals surface area contributed by atoms with Crippen molar-refractivity contribution in [1.29, 1.82) is 5.26 Å². The Balaban J connectivity index is 2.00. The first-order chi connectivity index (χ1) is 10.1. The molecule has 0 saturated carbocycles. The van der Waals surface area contributed by atoms with Gasteiger partial charge in [0.2, 0.25) is 10.0 Å². The predicted octanol–water partition coefficient (Wildman–Crippen LogP) is 2.76. The molecular formula is C16H16N2O2S. The molecular weight excluding hydrogens is 284 g/mol. The van der Waals surface area contributed by atoms with E-state index in [1.807, 2.05) is 30.3 Å². The van der Waals surface area contributed by atoms with E-state index in [9.17, 15) is 8.42 Å². The van der Waals surface area contributed by atoms with Gasteiger partial charge in [-0.15, -0.1) is 0 Å². The first kappa shape index (κ1) is 14.1. The van der Waals surface area contributed by atoms with Gasteiger partial charge in [0.05, 0.1) is 11.0 Å². The van der Waals surface area contributed by atoms with E-state index in [1.165, 1.54) is 4.31 Å². The second-order valence-corrected chi connectivity index (χ2v) is 7.19. The minimum Gasteiger partial charge on any atom is -0.207 e. The molecule has 0 spiro atoms. The summed E-state index contributed by atoms with van der Waals surface area (Å²) in [6, 6.07) is 15.1. The predicted molar refractivity (Wildman–Crippen MR) is 81.0 cm³/mol. The van der Waals surface area contributed by atoms with E-state index in [4.69, 9.17) is 5.26 Å². The van der Waals surface area contributed by atoms with Crippen molar-refractivity contribution in [1.82, 2.24) is 4.31 Å². The quantitative estimate of drug-likeness (QED) is 0.856. The van der Waals surface area contributed by atoms with Gasteiger partial charge in [0.15, 0.2) is 0 Å². The monoisotopic (exact) mass is 300 g/mol. The average Bonchev–Trinajstić information content (AvgIpc) is 2.54. The number of piperidine rings is 1. The van der Waals surface area contributed by atoms with Crippen molar-refractivity contribution in [2.45, 2.75) is 17.7 Å². The molecule has 5 heteroatoms. The lowest BCUT2D eigenvalue weighted by Crippen LogP contribution is -2.38. The van der Waals surface area contributed by atoms with Gasteiger partial charge in [-0.1, -0.05) is 36.4 Å². The number of fused-ring (bicyclic) bond motifs is 1. The molecule has 21 heavy (non-hydrogen) atoms. The van der Waals surface area contributed by atoms with Crippen LogP contribution in [0.3, 0.4) is 0 Å². The van der Waals surface area contributed by atoms with Crippen LogP contribution in [0.15, 0.2) is 47.4 Å². The van der Waals surface area contributed by atoms with Crippen LogP contribution >= 0.6 is 0 Å². The normalized spacial score (nSPS) is 17.7. The maximum Gasteiger partial charge on any atom is 0.243 e. The Labute approximate surface area is 124 Å². The molecule has 0 atom stereocenters. The second-order valence-electron chi connectivity index (χ2n) is 5.28. The highest BCUT2D eigenvalue weighted by atomic mass is 32.2. The van der Waals surface area contributed by atoms with Gasteiger partial charge in [-0.25, -0.2) is 8.42 Å². The first-order valence-corrected chi connectivity index (χ1v) is 8.44. The average molecular weight is 300 g/mol. The molecule has 1 aliphatic heterocycles. The van der Waals surface area contributed by atoms with E-state index in [2.05, 4.69) is 6.07 Å². The molecule has 0 aromatic heterocycles. The minimum atomic E-state index is -3.50. The third-order valence-corrected chi connectivity index (χ3v) is 5.96. The summed E-state index contributed by atoms with van der Waals surface area (Å²) in [6.07, 6.45) is 1.22. The molecule has 0 N–H and O–H groups in total. The minimum absolute atomic E-state index is 0.0241. The molecule has 4 nitrogen and oxygen atoms in total. The van der Waals surface area contributed by atoms with E-state index in [-0.39, 0.29) is 5.92 Å². The number of rotatable bonds is 2. The van der Waals surface area contributed by atoms with E-state index in [0.717, 1.165) is 10.8 Å². The zero-order chi connectivity index (χ0) is 14.9. The van der Waals surface area contributed by atoms with Crippen molar-refractivity contribution in [2.75, 3.05) is 13.1 Å². The largest absolute Gasteiger partial charge is 0.243 e. The molecule has 2 aromatic rings. The van der Waals surface area contributed by atoms with Crippen molar-refractivity contribution in [3.05, 3.63) is 42.5 Å². The molecule has 0 bridgehead atoms. The van der Waals surface area contributed by atoms with Gasteiger partial charge in [-0.05, 0) is 24.3 Å². The summed E-state index contributed by atoms with van der Waals surface area (Å²) in [7, 11) is -3.50. The topological polar surface area (TPSA) is 61.2 Å². The summed E-state index contributed by atoms with van der Waals surface area (Å²) in [5.41, 5.74) is 0. The molecule has 2 aromatic carbocycles. The zero-order valence-electron chi connectivity index (χ0n) is 11.6. The Hall–Kier alpha value is -1.90. The third kappa shape index (κ3) is 2.53. The summed E-state index contributed by atoms with van der Waals surface area (Å²) < 4.78 is 27.2. The van der Waals surface area contributed by atoms with Gasteiger partial charge in [0, 0.05) is 24.4 Å². The SMILES string of the molecule is N#CC1CCN(S(=O)(=O)c2cccc3ccccc23)CC1. The molecule has 0 aliphatic carbocycles. The van der Waals surface area contributed by atoms with Gasteiger partial charge < -0.3 is 0 Å². The lowest BCUT2D eigenvalue weighted by molar-refractivity contribution is 0.310. The van der Waals surface area contributed by atoms with Crippen molar-refractivity contribution in [3.63, 3.8) is 0 Å². The number of hydrogen-bond acceptors (Lipinski definition) is 3. The third-order valence-electron chi connectivity index (χ3n) is 4.00.